The first-order chi connectivity index (χ1) is 8.72. The molecule has 0 amide bonds. The number of rotatable bonds is 12. The van der Waals surface area contributed by atoms with Gasteiger partial charge in [0.2, 0.25) is 5.78 Å². The van der Waals surface area contributed by atoms with Gasteiger partial charge in [0.05, 0.1) is 0 Å². The molecule has 0 spiro atoms. The van der Waals surface area contributed by atoms with E-state index in [1.165, 1.54) is 51.4 Å². The largest absolute Gasteiger partial charge is 0.361 e. The minimum atomic E-state index is -0.0305. The van der Waals surface area contributed by atoms with E-state index >= 15 is 0 Å². The van der Waals surface area contributed by atoms with E-state index in [0.29, 0.717) is 6.42 Å². The van der Waals surface area contributed by atoms with E-state index in [4.69, 9.17) is 5.53 Å². The van der Waals surface area contributed by atoms with E-state index < -0.39 is 0 Å². The second kappa shape index (κ2) is 12.5. The Bertz CT molecular complexity index is 268. The first-order valence-corrected chi connectivity index (χ1v) is 7.44. The first kappa shape index (κ1) is 17.1. The van der Waals surface area contributed by atoms with E-state index in [1.807, 2.05) is 0 Å². The molecule has 0 bridgehead atoms. The Hall–Kier alpha value is -0.950. The minimum Gasteiger partial charge on any atom is -0.361 e. The average Bonchev–Trinajstić information content (AvgIpc) is 2.39. The van der Waals surface area contributed by atoms with Crippen molar-refractivity contribution in [2.75, 3.05) is 0 Å². The Kier molecular flexibility index (Phi) is 11.8. The number of nitrogens with zero attached hydrogens (tertiary/aromatic N) is 2. The molecule has 0 fully saturated rings. The molecular weight excluding hydrogens is 224 g/mol. The maximum atomic E-state index is 11.3. The van der Waals surface area contributed by atoms with Crippen LogP contribution >= 0.6 is 0 Å². The molecule has 104 valence electrons. The molecule has 0 heterocycles. The Morgan fingerprint density at radius 1 is 0.889 bits per heavy atom. The van der Waals surface area contributed by atoms with E-state index in [2.05, 4.69) is 11.7 Å². The van der Waals surface area contributed by atoms with E-state index in [0.717, 1.165) is 12.8 Å². The normalized spacial score (nSPS) is 10.1. The fourth-order valence-electron chi connectivity index (χ4n) is 2.01. The summed E-state index contributed by atoms with van der Waals surface area (Å²) in [7, 11) is 0. The zero-order chi connectivity index (χ0) is 13.6. The van der Waals surface area contributed by atoms with Crippen molar-refractivity contribution in [3.8, 4) is 0 Å². The van der Waals surface area contributed by atoms with Gasteiger partial charge in [-0.15, -0.1) is 0 Å². The summed E-state index contributed by atoms with van der Waals surface area (Å²) in [4.78, 5) is 14.2. The van der Waals surface area contributed by atoms with Gasteiger partial charge in [0.1, 0.15) is 0 Å². The van der Waals surface area contributed by atoms with Crippen molar-refractivity contribution in [3.63, 3.8) is 0 Å². The molecule has 0 aliphatic carbocycles. The molecule has 0 N–H and O–H groups in total. The zero-order valence-corrected chi connectivity index (χ0v) is 12.1. The van der Waals surface area contributed by atoms with E-state index in [1.54, 1.807) is 6.92 Å². The van der Waals surface area contributed by atoms with Gasteiger partial charge >= 0.3 is 5.71 Å². The summed E-state index contributed by atoms with van der Waals surface area (Å²) in [6.45, 7) is 3.79. The number of unbranched alkanes of at least 4 members (excludes halogenated alkanes) is 9. The molecule has 0 unspecified atom stereocenters. The molecule has 18 heavy (non-hydrogen) atoms. The SMILES string of the molecule is CCCCCCCCCCCCC(=O)C(C)=[N+]=[N-]. The minimum absolute atomic E-state index is 0.0305. The van der Waals surface area contributed by atoms with Gasteiger partial charge in [-0.05, 0) is 6.42 Å². The summed E-state index contributed by atoms with van der Waals surface area (Å²) in [6.07, 6.45) is 13.2. The molecular formula is C15H28N2O. The van der Waals surface area contributed by atoms with Crippen LogP contribution in [0.2, 0.25) is 0 Å². The zero-order valence-electron chi connectivity index (χ0n) is 12.1. The molecule has 3 heteroatoms. The van der Waals surface area contributed by atoms with Crippen molar-refractivity contribution in [1.29, 1.82) is 0 Å². The highest BCUT2D eigenvalue weighted by atomic mass is 16.1. The molecule has 0 radical (unpaired) electrons. The van der Waals surface area contributed by atoms with E-state index in [-0.39, 0.29) is 11.5 Å². The lowest BCUT2D eigenvalue weighted by Gasteiger charge is -2.01. The third-order valence-corrected chi connectivity index (χ3v) is 3.31. The molecule has 0 rings (SSSR count). The molecule has 0 saturated heterocycles. The fourth-order valence-corrected chi connectivity index (χ4v) is 2.01. The molecule has 0 aliphatic rings. The van der Waals surface area contributed by atoms with Crippen LogP contribution in [-0.4, -0.2) is 16.3 Å². The Morgan fingerprint density at radius 3 is 1.78 bits per heavy atom. The van der Waals surface area contributed by atoms with Gasteiger partial charge in [-0.1, -0.05) is 64.7 Å². The summed E-state index contributed by atoms with van der Waals surface area (Å²) in [6, 6.07) is 0. The van der Waals surface area contributed by atoms with Crippen molar-refractivity contribution < 1.29 is 9.58 Å². The van der Waals surface area contributed by atoms with Crippen LogP contribution in [0.1, 0.15) is 84.5 Å². The van der Waals surface area contributed by atoms with Crippen LogP contribution in [-0.2, 0) is 4.79 Å². The molecule has 3 nitrogen and oxygen atoms in total. The Labute approximate surface area is 112 Å². The maximum absolute atomic E-state index is 11.3. The number of carbonyl (C=O) groups is 1. The van der Waals surface area contributed by atoms with Gasteiger partial charge in [-0.25, -0.2) is 0 Å². The molecule has 0 aromatic heterocycles. The lowest BCUT2D eigenvalue weighted by molar-refractivity contribution is -0.117. The molecule has 0 atom stereocenters. The highest BCUT2D eigenvalue weighted by molar-refractivity contribution is 6.36. The van der Waals surface area contributed by atoms with Gasteiger partial charge in [0.25, 0.3) is 0 Å². The number of hydrogen-bond donors (Lipinski definition) is 0. The Morgan fingerprint density at radius 2 is 1.33 bits per heavy atom. The van der Waals surface area contributed by atoms with Crippen molar-refractivity contribution in [2.45, 2.75) is 84.5 Å². The fraction of sp³-hybridized carbons (Fsp3) is 0.867. The highest BCUT2D eigenvalue weighted by Gasteiger charge is 2.11. The summed E-state index contributed by atoms with van der Waals surface area (Å²) in [5.74, 6) is -0.0305. The average molecular weight is 252 g/mol. The summed E-state index contributed by atoms with van der Waals surface area (Å²) in [5, 5.41) is 0. The second-order valence-corrected chi connectivity index (χ2v) is 5.04. The molecule has 0 aliphatic heterocycles. The number of hydrogen-bond acceptors (Lipinski definition) is 1. The third-order valence-electron chi connectivity index (χ3n) is 3.31. The lowest BCUT2D eigenvalue weighted by atomic mass is 10.0. The molecule has 0 aromatic rings. The first-order valence-electron chi connectivity index (χ1n) is 7.44. The topological polar surface area (TPSA) is 53.5 Å². The van der Waals surface area contributed by atoms with Crippen molar-refractivity contribution in [2.24, 2.45) is 0 Å². The van der Waals surface area contributed by atoms with Crippen LogP contribution in [0.5, 0.6) is 0 Å². The monoisotopic (exact) mass is 252 g/mol. The predicted molar refractivity (Wildman–Crippen MR) is 75.8 cm³/mol. The van der Waals surface area contributed by atoms with Crippen LogP contribution in [0.3, 0.4) is 0 Å². The van der Waals surface area contributed by atoms with Gasteiger partial charge in [0, 0.05) is 13.3 Å². The quantitative estimate of drug-likeness (QED) is 0.217. The van der Waals surface area contributed by atoms with E-state index in [9.17, 15) is 4.79 Å². The van der Waals surface area contributed by atoms with Crippen molar-refractivity contribution in [3.05, 3.63) is 5.53 Å². The van der Waals surface area contributed by atoms with Crippen molar-refractivity contribution in [1.82, 2.24) is 0 Å². The number of Topliss-reactive ketones (excluding diaryl/α,β-unsaturated/α-hetero) is 1. The van der Waals surface area contributed by atoms with Crippen LogP contribution in [0.15, 0.2) is 0 Å². The molecule has 0 saturated carbocycles. The van der Waals surface area contributed by atoms with Gasteiger partial charge in [0.15, 0.2) is 0 Å². The van der Waals surface area contributed by atoms with Crippen molar-refractivity contribution >= 4 is 11.5 Å². The molecule has 0 aromatic carbocycles. The summed E-state index contributed by atoms with van der Waals surface area (Å²) >= 11 is 0. The highest BCUT2D eigenvalue weighted by Crippen LogP contribution is 2.11. The van der Waals surface area contributed by atoms with Crippen LogP contribution in [0.4, 0.5) is 0 Å². The van der Waals surface area contributed by atoms with Gasteiger partial charge in [-0.3, -0.25) is 4.79 Å². The number of ketones is 1. The second-order valence-electron chi connectivity index (χ2n) is 5.04. The summed E-state index contributed by atoms with van der Waals surface area (Å²) < 4.78 is 0. The number of carbonyl (C=O) groups excluding carboxylic acids is 1. The lowest BCUT2D eigenvalue weighted by Crippen LogP contribution is -2.10. The van der Waals surface area contributed by atoms with Crippen LogP contribution in [0.25, 0.3) is 5.53 Å². The van der Waals surface area contributed by atoms with Gasteiger partial charge in [-0.2, -0.15) is 4.79 Å². The summed E-state index contributed by atoms with van der Waals surface area (Å²) in [5.41, 5.74) is 8.66. The van der Waals surface area contributed by atoms with Crippen LogP contribution < -0.4 is 0 Å². The maximum Gasteiger partial charge on any atom is 0.331 e. The smallest absolute Gasteiger partial charge is 0.331 e. The third kappa shape index (κ3) is 10.2. The van der Waals surface area contributed by atoms with Crippen LogP contribution in [0, 0.1) is 0 Å². The van der Waals surface area contributed by atoms with Gasteiger partial charge < -0.3 is 5.53 Å². The predicted octanol–water partition coefficient (Wildman–Crippen LogP) is 4.56. The standard InChI is InChI=1S/C15H28N2O/c1-3-4-5-6-7-8-9-10-11-12-13-15(18)14(2)17-16/h3-13H2,1-2H3. The Balaban J connectivity index is 3.21.